The van der Waals surface area contributed by atoms with Gasteiger partial charge >= 0.3 is 12.1 Å². The number of carbonyl (C=O) groups excluding carboxylic acids is 3. The highest BCUT2D eigenvalue weighted by Gasteiger charge is 2.26. The number of hydrogen-bond donors (Lipinski definition) is 8. The Labute approximate surface area is 823 Å². The summed E-state index contributed by atoms with van der Waals surface area (Å²) in [5, 5.41) is 53.9. The Morgan fingerprint density at radius 2 is 0.838 bits per heavy atom. The van der Waals surface area contributed by atoms with Crippen molar-refractivity contribution >= 4 is 69.5 Å². The van der Waals surface area contributed by atoms with Crippen LogP contribution in [-0.4, -0.2) is 338 Å². The maximum atomic E-state index is 13.1. The topological polar surface area (TPSA) is 385 Å². The zero-order valence-electron chi connectivity index (χ0n) is 80.8. The van der Waals surface area contributed by atoms with Crippen LogP contribution in [0.15, 0.2) is 208 Å². The van der Waals surface area contributed by atoms with Gasteiger partial charge in [-0.05, 0) is 212 Å². The van der Waals surface area contributed by atoms with Gasteiger partial charge in [0.25, 0.3) is 5.91 Å². The van der Waals surface area contributed by atoms with E-state index in [1.165, 1.54) is 64.8 Å². The van der Waals surface area contributed by atoms with Gasteiger partial charge in [0, 0.05) is 181 Å². The lowest BCUT2D eigenvalue weighted by molar-refractivity contribution is 0.0950. The molecule has 7 aliphatic heterocycles. The van der Waals surface area contributed by atoms with E-state index in [4.69, 9.17) is 48.4 Å². The minimum absolute atomic E-state index is 0.0617. The molecule has 5 amide bonds. The van der Waals surface area contributed by atoms with E-state index < -0.39 is 0 Å². The van der Waals surface area contributed by atoms with E-state index in [1.54, 1.807) is 57.2 Å². The van der Waals surface area contributed by atoms with Crippen molar-refractivity contribution in [3.63, 3.8) is 0 Å². The molecule has 0 saturated carbocycles. The lowest BCUT2D eigenvalue weighted by atomic mass is 10.1. The zero-order valence-corrected chi connectivity index (χ0v) is 80.8. The number of benzene rings is 5. The van der Waals surface area contributed by atoms with Crippen LogP contribution in [0.3, 0.4) is 0 Å². The number of likely N-dealkylation sites (N-methyl/N-ethyl adjacent to an activating group) is 2. The van der Waals surface area contributed by atoms with Crippen LogP contribution in [0, 0.1) is 0 Å². The fourth-order valence-corrected chi connectivity index (χ4v) is 17.8. The number of amides is 5. The summed E-state index contributed by atoms with van der Waals surface area (Å²) in [4.78, 5) is 77.2. The van der Waals surface area contributed by atoms with Gasteiger partial charge in [-0.2, -0.15) is 30.5 Å². The number of aliphatic hydroxyl groups is 1. The summed E-state index contributed by atoms with van der Waals surface area (Å²) >= 11 is 0. The fourth-order valence-electron chi connectivity index (χ4n) is 17.8. The molecule has 2 saturated heterocycles. The summed E-state index contributed by atoms with van der Waals surface area (Å²) in [5.41, 5.74) is 14.6. The first-order chi connectivity index (χ1) is 69.8. The number of nitrogens with one attached hydrogen (secondary N) is 7. The molecule has 39 heteroatoms. The standard InChI is InChI=1S/C24H31N7O2.C23H29N5O2.C21H27N7O2.C18H20N6O.C17H18N4O3/c32-24(26-8-4-13-29-11-1-2-12-29)30-15-9-25-10-16-33-20-6-3-5-19(17-20)21-18-27-31-14-7-22(30)28-23(21)31;1-2-9-26(8-1)10-4-11-27-13-15-29-20-6-3-5-19(17-20)21-18-24-28-12-7-22(25-23(21)28)30-16-14-27;1-26(2)11-8-23-21(29)27-12-7-22-9-13-30-17-5-3-4-16(14-17)18-15-24-28-10-6-19(27)25-20(18)28;1-23-9-6-19-16-5-8-24-17(22-16)15(12-21-24)13-3-2-4-14(11-13)18(25)20-7-10-23;22-11-13-2-1-12-9-15(13)24-8-7-23-6-4-18-16-3-5-21-17(20-16)14(12)10-19-21/h3,5-7,14,17-18,25H,1-2,4,8-13,15-16H2,(H,26,32);3,5-7,12,17-18H,1-2,4,8-11,13-16H2;3-6,10,14-15,22H,7-9,11-13H2,1-2H3,(H,23,29);2-5,8,11-12H,6-7,9-10H2,1H3,(H,19,22)(H,20,25);1-3,5,9-10,22H,4,6-8,11H2,(H,18,20). The summed E-state index contributed by atoms with van der Waals surface area (Å²) in [6, 6.07) is 46.4. The quantitative estimate of drug-likeness (QED) is 0.0527. The summed E-state index contributed by atoms with van der Waals surface area (Å²) < 4.78 is 43.9. The van der Waals surface area contributed by atoms with Crippen molar-refractivity contribution in [3.8, 4) is 84.5 Å². The van der Waals surface area contributed by atoms with E-state index in [-0.39, 0.29) is 24.6 Å². The summed E-state index contributed by atoms with van der Waals surface area (Å²) in [5.74, 6) is 6.57. The highest BCUT2D eigenvalue weighted by Crippen LogP contribution is 2.35. The third kappa shape index (κ3) is 25.6. The Hall–Kier alpha value is -14.6. The average molecular weight is 1930 g/mol. The predicted molar refractivity (Wildman–Crippen MR) is 546 cm³/mol. The largest absolute Gasteiger partial charge is 0.492 e. The van der Waals surface area contributed by atoms with E-state index in [1.807, 2.05) is 197 Å². The normalized spacial score (nSPS) is 16.3. The molecule has 0 aliphatic carbocycles. The van der Waals surface area contributed by atoms with Crippen LogP contribution >= 0.6 is 0 Å². The van der Waals surface area contributed by atoms with Crippen molar-refractivity contribution in [2.45, 2.75) is 45.1 Å². The SMILES string of the molecule is CN(C)CCNC(=O)N1CCNCCOc2cccc(c2)-c2cnn3ccc1nc23.CN1CCNC(=O)c2cccc(c2)-c2cnn3ccc(nc23)NCC1.O=C(NCCCN1CCCC1)N1CCNCCOc2cccc(c2)-c2cnn3ccc1nc23.OCc1ccc2cc1OCCOCCNc1ccn3ncc-2c3n1.c1cc2cc(c1)-c1cnn3ccc(nc13)OCCN(CCCN1CCCC1)CCO2. The third-order valence-electron chi connectivity index (χ3n) is 25.4. The smallest absolute Gasteiger partial charge is 0.323 e. The van der Waals surface area contributed by atoms with Crippen molar-refractivity contribution in [2.75, 3.05) is 238 Å². The third-order valence-corrected chi connectivity index (χ3v) is 25.4. The van der Waals surface area contributed by atoms with Crippen LogP contribution in [0.2, 0.25) is 0 Å². The average Bonchev–Trinajstić information content (AvgIpc) is 1.65. The lowest BCUT2D eigenvalue weighted by Gasteiger charge is -2.24. The Morgan fingerprint density at radius 3 is 1.37 bits per heavy atom. The molecule has 20 bridgehead atoms. The first kappa shape index (κ1) is 97.7. The first-order valence-corrected chi connectivity index (χ1v) is 49.2. The number of aromatic nitrogens is 15. The van der Waals surface area contributed by atoms with Crippen molar-refractivity contribution in [1.82, 2.24) is 124 Å². The van der Waals surface area contributed by atoms with E-state index in [9.17, 15) is 19.5 Å². The van der Waals surface area contributed by atoms with E-state index in [2.05, 4.69) is 99.4 Å². The molecule has 22 rings (SSSR count). The van der Waals surface area contributed by atoms with Crippen LogP contribution in [0.25, 0.3) is 83.9 Å². The van der Waals surface area contributed by atoms with Gasteiger partial charge in [0.15, 0.2) is 28.2 Å². The molecular formula is C103H125N29O10. The highest BCUT2D eigenvalue weighted by molar-refractivity contribution is 5.96. The molecule has 8 N–H and O–H groups in total. The number of likely N-dealkylation sites (tertiary alicyclic amines) is 2. The first-order valence-electron chi connectivity index (χ1n) is 49.2. The molecule has 2 fully saturated rings. The number of carbonyl (C=O) groups is 3. The van der Waals surface area contributed by atoms with Crippen molar-refractivity contribution < 1.29 is 47.9 Å². The molecule has 10 aromatic heterocycles. The molecule has 39 nitrogen and oxygen atoms in total. The molecular weight excluding hydrogens is 1800 g/mol. The van der Waals surface area contributed by atoms with Crippen molar-refractivity contribution in [3.05, 3.63) is 219 Å². The van der Waals surface area contributed by atoms with Crippen molar-refractivity contribution in [2.24, 2.45) is 0 Å². The molecule has 142 heavy (non-hydrogen) atoms. The number of nitrogens with zero attached hydrogens (tertiary/aromatic N) is 22. The monoisotopic (exact) mass is 1930 g/mol. The van der Waals surface area contributed by atoms with E-state index in [0.717, 1.165) is 166 Å². The van der Waals surface area contributed by atoms with Gasteiger partial charge in [0.2, 0.25) is 5.88 Å². The molecule has 17 heterocycles. The maximum Gasteiger partial charge on any atom is 0.323 e. The highest BCUT2D eigenvalue weighted by atomic mass is 16.5. The lowest BCUT2D eigenvalue weighted by Crippen LogP contribution is -2.45. The van der Waals surface area contributed by atoms with Crippen molar-refractivity contribution in [1.29, 1.82) is 0 Å². The number of aliphatic hydroxyl groups excluding tert-OH is 1. The van der Waals surface area contributed by atoms with Crippen LogP contribution in [0.5, 0.6) is 28.9 Å². The van der Waals surface area contributed by atoms with Gasteiger partial charge < -0.3 is 90.3 Å². The molecule has 0 radical (unpaired) electrons. The van der Waals surface area contributed by atoms with Gasteiger partial charge in [0.1, 0.15) is 79.3 Å². The van der Waals surface area contributed by atoms with Gasteiger partial charge in [0.05, 0.1) is 50.8 Å². The minimum atomic E-state index is -0.165. The predicted octanol–water partition coefficient (Wildman–Crippen LogP) is 9.98. The summed E-state index contributed by atoms with van der Waals surface area (Å²) in [6.45, 7) is 23.1. The second-order valence-corrected chi connectivity index (χ2v) is 35.7. The number of ether oxygens (including phenoxy) is 6. The number of fused-ring (bicyclic) bond motifs is 20. The molecule has 0 unspecified atom stereocenters. The van der Waals surface area contributed by atoms with Crippen LogP contribution in [0.4, 0.5) is 32.9 Å². The number of urea groups is 2. The number of anilines is 4. The van der Waals surface area contributed by atoms with E-state index >= 15 is 0 Å². The molecule has 742 valence electrons. The Bertz CT molecular complexity index is 6710. The van der Waals surface area contributed by atoms with Gasteiger partial charge in [-0.3, -0.25) is 19.5 Å². The van der Waals surface area contributed by atoms with Gasteiger partial charge in [-0.1, -0.05) is 60.7 Å². The zero-order chi connectivity index (χ0) is 97.1. The Kier molecular flexibility index (Phi) is 33.4. The van der Waals surface area contributed by atoms with Crippen LogP contribution in [0.1, 0.15) is 54.4 Å². The van der Waals surface area contributed by atoms with Crippen LogP contribution in [-0.2, 0) is 11.3 Å². The Balaban J connectivity index is 0.000000118. The molecule has 0 atom stereocenters. The molecule has 0 spiro atoms. The minimum Gasteiger partial charge on any atom is -0.492 e. The van der Waals surface area contributed by atoms with Gasteiger partial charge in [-0.15, -0.1) is 0 Å². The molecule has 7 aliphatic rings. The van der Waals surface area contributed by atoms with Crippen LogP contribution < -0.4 is 70.7 Å². The fraction of sp³-hybridized carbons (Fsp3) is 0.388. The molecule has 15 aromatic rings. The maximum absolute atomic E-state index is 13.1. The second-order valence-electron chi connectivity index (χ2n) is 35.7. The summed E-state index contributed by atoms with van der Waals surface area (Å²) in [6.07, 6.45) is 25.8. The Morgan fingerprint density at radius 1 is 0.394 bits per heavy atom. The number of rotatable bonds is 12. The van der Waals surface area contributed by atoms with E-state index in [0.29, 0.717) is 152 Å². The second kappa shape index (κ2) is 48.6. The molecule has 5 aromatic carbocycles. The summed E-state index contributed by atoms with van der Waals surface area (Å²) in [7, 11) is 6.00. The number of hydrogen-bond acceptors (Lipinski definition) is 29. The van der Waals surface area contributed by atoms with Gasteiger partial charge in [-0.25, -0.2) is 52.1 Å².